The Balaban J connectivity index is 1.83. The fraction of sp³-hybridized carbons (Fsp3) is 0.571. The normalized spacial score (nSPS) is 31.6. The van der Waals surface area contributed by atoms with Crippen molar-refractivity contribution >= 4 is 0 Å². The molecule has 0 aliphatic heterocycles. The smallest absolute Gasteiger partial charge is 0.126 e. The Morgan fingerprint density at radius 1 is 1.24 bits per heavy atom. The predicted octanol–water partition coefficient (Wildman–Crippen LogP) is 2.99. The summed E-state index contributed by atoms with van der Waals surface area (Å²) in [7, 11) is 0. The van der Waals surface area contributed by atoms with Crippen molar-refractivity contribution in [3.05, 3.63) is 35.4 Å². The van der Waals surface area contributed by atoms with Gasteiger partial charge in [0.25, 0.3) is 0 Å². The molecule has 3 heteroatoms. The van der Waals surface area contributed by atoms with E-state index < -0.39 is 11.6 Å². The van der Waals surface area contributed by atoms with Gasteiger partial charge in [-0.1, -0.05) is 6.92 Å². The van der Waals surface area contributed by atoms with Crippen LogP contribution in [-0.2, 0) is 5.41 Å². The molecule has 2 atom stereocenters. The molecule has 2 saturated carbocycles. The zero-order chi connectivity index (χ0) is 12.0. The Hall–Kier alpha value is -0.960. The topological polar surface area (TPSA) is 12.0 Å². The van der Waals surface area contributed by atoms with E-state index in [-0.39, 0.29) is 5.41 Å². The summed E-state index contributed by atoms with van der Waals surface area (Å²) in [6.07, 6.45) is 3.50. The molecular weight excluding hydrogens is 220 g/mol. The highest BCUT2D eigenvalue weighted by Crippen LogP contribution is 2.54. The first-order valence-electron chi connectivity index (χ1n) is 6.30. The molecule has 0 aromatic heterocycles. The van der Waals surface area contributed by atoms with Gasteiger partial charge < -0.3 is 5.32 Å². The molecule has 0 amide bonds. The molecule has 92 valence electrons. The van der Waals surface area contributed by atoms with E-state index in [0.29, 0.717) is 12.0 Å². The van der Waals surface area contributed by atoms with Gasteiger partial charge in [0, 0.05) is 24.1 Å². The summed E-state index contributed by atoms with van der Waals surface area (Å²) in [4.78, 5) is 0. The van der Waals surface area contributed by atoms with Gasteiger partial charge in [0.1, 0.15) is 11.6 Å². The maximum Gasteiger partial charge on any atom is 0.126 e. The van der Waals surface area contributed by atoms with E-state index in [1.807, 2.05) is 0 Å². The van der Waals surface area contributed by atoms with Crippen LogP contribution in [-0.4, -0.2) is 12.6 Å². The van der Waals surface area contributed by atoms with Crippen LogP contribution in [0.1, 0.15) is 31.7 Å². The first kappa shape index (κ1) is 11.1. The Bertz CT molecular complexity index is 422. The minimum Gasteiger partial charge on any atom is -0.313 e. The molecule has 2 unspecified atom stereocenters. The average Bonchev–Trinajstić information content (AvgIpc) is 3.11. The third-order valence-corrected chi connectivity index (χ3v) is 4.17. The van der Waals surface area contributed by atoms with Gasteiger partial charge in [-0.3, -0.25) is 0 Å². The standard InChI is InChI=1S/C14H17F2N/c1-9-7-14(9,8-17-13-2-3-13)10-4-11(15)6-12(16)5-10/h4-6,9,13,17H,2-3,7-8H2,1H3. The number of rotatable bonds is 4. The fourth-order valence-electron chi connectivity index (χ4n) is 2.69. The number of benzene rings is 1. The van der Waals surface area contributed by atoms with Gasteiger partial charge >= 0.3 is 0 Å². The van der Waals surface area contributed by atoms with Crippen LogP contribution in [0, 0.1) is 17.6 Å². The highest BCUT2D eigenvalue weighted by molar-refractivity contribution is 5.35. The SMILES string of the molecule is CC1CC1(CNC1CC1)c1cc(F)cc(F)c1. The molecule has 0 saturated heterocycles. The van der Waals surface area contributed by atoms with Crippen molar-refractivity contribution in [2.75, 3.05) is 6.54 Å². The van der Waals surface area contributed by atoms with Crippen molar-refractivity contribution in [2.24, 2.45) is 5.92 Å². The summed E-state index contributed by atoms with van der Waals surface area (Å²) >= 11 is 0. The molecule has 17 heavy (non-hydrogen) atoms. The second-order valence-corrected chi connectivity index (χ2v) is 5.57. The molecule has 1 N–H and O–H groups in total. The zero-order valence-corrected chi connectivity index (χ0v) is 9.97. The summed E-state index contributed by atoms with van der Waals surface area (Å²) in [5.74, 6) is -0.426. The summed E-state index contributed by atoms with van der Waals surface area (Å²) < 4.78 is 26.5. The van der Waals surface area contributed by atoms with Crippen LogP contribution < -0.4 is 5.32 Å². The third-order valence-electron chi connectivity index (χ3n) is 4.17. The van der Waals surface area contributed by atoms with Crippen molar-refractivity contribution in [3.63, 3.8) is 0 Å². The van der Waals surface area contributed by atoms with Crippen molar-refractivity contribution in [3.8, 4) is 0 Å². The monoisotopic (exact) mass is 237 g/mol. The van der Waals surface area contributed by atoms with Crippen LogP contribution in [0.15, 0.2) is 18.2 Å². The largest absolute Gasteiger partial charge is 0.313 e. The summed E-state index contributed by atoms with van der Waals surface area (Å²) in [6.45, 7) is 3.00. The maximum atomic E-state index is 13.3. The quantitative estimate of drug-likeness (QED) is 0.849. The Morgan fingerprint density at radius 3 is 2.29 bits per heavy atom. The van der Waals surface area contributed by atoms with Gasteiger partial charge in [-0.2, -0.15) is 0 Å². The lowest BCUT2D eigenvalue weighted by Gasteiger charge is -2.18. The second kappa shape index (κ2) is 3.77. The lowest BCUT2D eigenvalue weighted by molar-refractivity contribution is 0.524. The predicted molar refractivity (Wildman–Crippen MR) is 62.8 cm³/mol. The highest BCUT2D eigenvalue weighted by atomic mass is 19.1. The molecule has 0 bridgehead atoms. The highest BCUT2D eigenvalue weighted by Gasteiger charge is 2.52. The molecule has 1 nitrogen and oxygen atoms in total. The van der Waals surface area contributed by atoms with Gasteiger partial charge in [-0.15, -0.1) is 0 Å². The molecule has 3 rings (SSSR count). The van der Waals surface area contributed by atoms with Crippen LogP contribution in [0.2, 0.25) is 0 Å². The van der Waals surface area contributed by atoms with Crippen LogP contribution in [0.3, 0.4) is 0 Å². The van der Waals surface area contributed by atoms with Crippen molar-refractivity contribution < 1.29 is 8.78 Å². The minimum absolute atomic E-state index is 0.0362. The molecule has 0 spiro atoms. The number of halogens is 2. The molecule has 0 radical (unpaired) electrons. The molecule has 2 fully saturated rings. The van der Waals surface area contributed by atoms with Crippen molar-refractivity contribution in [2.45, 2.75) is 37.6 Å². The summed E-state index contributed by atoms with van der Waals surface area (Å²) in [6, 6.07) is 4.55. The number of hydrogen-bond acceptors (Lipinski definition) is 1. The molecule has 0 heterocycles. The minimum atomic E-state index is -0.468. The third kappa shape index (κ3) is 2.08. The van der Waals surface area contributed by atoms with E-state index in [1.165, 1.54) is 25.0 Å². The van der Waals surface area contributed by atoms with E-state index in [9.17, 15) is 8.78 Å². The molecule has 2 aliphatic rings. The number of hydrogen-bond donors (Lipinski definition) is 1. The zero-order valence-electron chi connectivity index (χ0n) is 9.97. The Morgan fingerprint density at radius 2 is 1.82 bits per heavy atom. The van der Waals surface area contributed by atoms with Crippen LogP contribution >= 0.6 is 0 Å². The first-order valence-corrected chi connectivity index (χ1v) is 6.30. The number of nitrogens with one attached hydrogen (secondary N) is 1. The molecule has 1 aromatic rings. The van der Waals surface area contributed by atoms with E-state index in [4.69, 9.17) is 0 Å². The van der Waals surface area contributed by atoms with E-state index in [1.54, 1.807) is 0 Å². The van der Waals surface area contributed by atoms with Gasteiger partial charge in [-0.05, 0) is 42.9 Å². The Kier molecular flexibility index (Phi) is 2.47. The van der Waals surface area contributed by atoms with Crippen LogP contribution in [0.5, 0.6) is 0 Å². The van der Waals surface area contributed by atoms with E-state index in [2.05, 4.69) is 12.2 Å². The Labute approximate surface area is 100 Å². The van der Waals surface area contributed by atoms with E-state index in [0.717, 1.165) is 24.6 Å². The molecule has 2 aliphatic carbocycles. The van der Waals surface area contributed by atoms with Crippen LogP contribution in [0.4, 0.5) is 8.78 Å². The second-order valence-electron chi connectivity index (χ2n) is 5.57. The lowest BCUT2D eigenvalue weighted by Crippen LogP contribution is -2.30. The maximum absolute atomic E-state index is 13.3. The van der Waals surface area contributed by atoms with Crippen molar-refractivity contribution in [1.82, 2.24) is 5.32 Å². The fourth-order valence-corrected chi connectivity index (χ4v) is 2.69. The first-order chi connectivity index (χ1) is 8.10. The van der Waals surface area contributed by atoms with E-state index >= 15 is 0 Å². The van der Waals surface area contributed by atoms with Gasteiger partial charge in [0.15, 0.2) is 0 Å². The lowest BCUT2D eigenvalue weighted by atomic mass is 9.93. The average molecular weight is 237 g/mol. The van der Waals surface area contributed by atoms with Crippen LogP contribution in [0.25, 0.3) is 0 Å². The van der Waals surface area contributed by atoms with Gasteiger partial charge in [0.2, 0.25) is 0 Å². The van der Waals surface area contributed by atoms with Gasteiger partial charge in [-0.25, -0.2) is 8.78 Å². The summed E-state index contributed by atoms with van der Waals surface area (Å²) in [5, 5.41) is 3.48. The molecular formula is C14H17F2N. The van der Waals surface area contributed by atoms with Gasteiger partial charge in [0.05, 0.1) is 0 Å². The van der Waals surface area contributed by atoms with Crippen molar-refractivity contribution in [1.29, 1.82) is 0 Å². The molecule has 1 aromatic carbocycles. The summed E-state index contributed by atoms with van der Waals surface area (Å²) in [5.41, 5.74) is 0.779.